The zero-order valence-corrected chi connectivity index (χ0v) is 12.8. The topological polar surface area (TPSA) is 56.1 Å². The Morgan fingerprint density at radius 2 is 2.35 bits per heavy atom. The van der Waals surface area contributed by atoms with Crippen LogP contribution in [0.25, 0.3) is 0 Å². The number of halogens is 1. The van der Waals surface area contributed by atoms with E-state index in [2.05, 4.69) is 10.4 Å². The molecular weight excluding hydrogens is 278 g/mol. The molecule has 1 aliphatic heterocycles. The first-order valence-corrected chi connectivity index (χ1v) is 7.60. The lowest BCUT2D eigenvalue weighted by molar-refractivity contribution is 0.0134. The van der Waals surface area contributed by atoms with E-state index in [1.807, 2.05) is 13.8 Å². The van der Waals surface area contributed by atoms with Crippen molar-refractivity contribution in [2.45, 2.75) is 51.7 Å². The van der Waals surface area contributed by atoms with Crippen LogP contribution in [0.3, 0.4) is 0 Å². The van der Waals surface area contributed by atoms with Gasteiger partial charge in [-0.2, -0.15) is 5.10 Å². The lowest BCUT2D eigenvalue weighted by Crippen LogP contribution is -2.26. The quantitative estimate of drug-likeness (QED) is 0.908. The van der Waals surface area contributed by atoms with Gasteiger partial charge in [-0.3, -0.25) is 4.79 Å². The molecule has 0 bridgehead atoms. The van der Waals surface area contributed by atoms with Crippen LogP contribution in [0.15, 0.2) is 11.0 Å². The first-order chi connectivity index (χ1) is 9.59. The van der Waals surface area contributed by atoms with Gasteiger partial charge in [0, 0.05) is 13.2 Å². The van der Waals surface area contributed by atoms with E-state index in [1.54, 1.807) is 6.20 Å². The molecule has 0 saturated carbocycles. The Morgan fingerprint density at radius 1 is 1.55 bits per heavy atom. The number of anilines is 1. The average molecular weight is 300 g/mol. The number of nitrogens with zero attached hydrogens (tertiary/aromatic N) is 2. The van der Waals surface area contributed by atoms with Gasteiger partial charge in [-0.25, -0.2) is 4.68 Å². The molecule has 0 spiro atoms. The fourth-order valence-electron chi connectivity index (χ4n) is 2.34. The molecule has 6 heteroatoms. The Hall–Kier alpha value is -1.07. The van der Waals surface area contributed by atoms with E-state index in [9.17, 15) is 4.79 Å². The summed E-state index contributed by atoms with van der Waals surface area (Å²) in [7, 11) is 0. The third kappa shape index (κ3) is 3.73. The Labute approximate surface area is 124 Å². The van der Waals surface area contributed by atoms with Crippen LogP contribution in [0.2, 0.25) is 5.02 Å². The van der Waals surface area contributed by atoms with Crippen LogP contribution in [0.5, 0.6) is 0 Å². The summed E-state index contributed by atoms with van der Waals surface area (Å²) in [6.45, 7) is 5.39. The van der Waals surface area contributed by atoms with Gasteiger partial charge in [-0.15, -0.1) is 0 Å². The summed E-state index contributed by atoms with van der Waals surface area (Å²) in [5.74, 6) is 0. The predicted molar refractivity (Wildman–Crippen MR) is 80.6 cm³/mol. The van der Waals surface area contributed by atoms with Gasteiger partial charge in [0.2, 0.25) is 0 Å². The SMILES string of the molecule is CC(C)n1ncc(NCCC2CCCCO2)c(Cl)c1=O. The minimum Gasteiger partial charge on any atom is -0.382 e. The third-order valence-electron chi connectivity index (χ3n) is 3.49. The molecule has 1 aromatic heterocycles. The molecule has 112 valence electrons. The maximum atomic E-state index is 12.0. The number of aromatic nitrogens is 2. The molecule has 0 amide bonds. The summed E-state index contributed by atoms with van der Waals surface area (Å²) < 4.78 is 7.05. The van der Waals surface area contributed by atoms with Crippen LogP contribution < -0.4 is 10.9 Å². The van der Waals surface area contributed by atoms with E-state index in [-0.39, 0.29) is 16.6 Å². The van der Waals surface area contributed by atoms with Gasteiger partial charge < -0.3 is 10.1 Å². The summed E-state index contributed by atoms with van der Waals surface area (Å²) in [5, 5.41) is 7.52. The summed E-state index contributed by atoms with van der Waals surface area (Å²) in [4.78, 5) is 12.0. The summed E-state index contributed by atoms with van der Waals surface area (Å²) >= 11 is 6.10. The molecule has 0 aliphatic carbocycles. The number of hydrogen-bond acceptors (Lipinski definition) is 4. The van der Waals surface area contributed by atoms with Gasteiger partial charge in [0.05, 0.1) is 24.0 Å². The number of rotatable bonds is 5. The molecule has 2 heterocycles. The molecule has 0 radical (unpaired) electrons. The lowest BCUT2D eigenvalue weighted by Gasteiger charge is -2.22. The van der Waals surface area contributed by atoms with Gasteiger partial charge in [-0.1, -0.05) is 11.6 Å². The van der Waals surface area contributed by atoms with Crippen LogP contribution in [0.1, 0.15) is 45.6 Å². The molecule has 0 aromatic carbocycles. The number of hydrogen-bond donors (Lipinski definition) is 1. The van der Waals surface area contributed by atoms with Crippen molar-refractivity contribution in [1.29, 1.82) is 0 Å². The van der Waals surface area contributed by atoms with E-state index in [0.717, 1.165) is 32.4 Å². The average Bonchev–Trinajstić information content (AvgIpc) is 2.44. The maximum Gasteiger partial charge on any atom is 0.287 e. The van der Waals surface area contributed by atoms with Gasteiger partial charge in [0.1, 0.15) is 5.02 Å². The smallest absolute Gasteiger partial charge is 0.287 e. The zero-order valence-electron chi connectivity index (χ0n) is 12.1. The van der Waals surface area contributed by atoms with Crippen molar-refractivity contribution in [3.05, 3.63) is 21.6 Å². The highest BCUT2D eigenvalue weighted by Crippen LogP contribution is 2.18. The van der Waals surface area contributed by atoms with Crippen LogP contribution >= 0.6 is 11.6 Å². The molecule has 2 rings (SSSR count). The highest BCUT2D eigenvalue weighted by Gasteiger charge is 2.14. The van der Waals surface area contributed by atoms with Crippen LogP contribution in [-0.4, -0.2) is 29.0 Å². The first-order valence-electron chi connectivity index (χ1n) is 7.22. The van der Waals surface area contributed by atoms with E-state index >= 15 is 0 Å². The van der Waals surface area contributed by atoms with Crippen LogP contribution in [-0.2, 0) is 4.74 Å². The van der Waals surface area contributed by atoms with Crippen LogP contribution in [0, 0.1) is 0 Å². The number of nitrogens with one attached hydrogen (secondary N) is 1. The Kier molecular flexibility index (Phi) is 5.43. The molecule has 1 fully saturated rings. The predicted octanol–water partition coefficient (Wildman–Crippen LogP) is 2.85. The second kappa shape index (κ2) is 7.09. The third-order valence-corrected chi connectivity index (χ3v) is 3.85. The largest absolute Gasteiger partial charge is 0.382 e. The zero-order chi connectivity index (χ0) is 14.5. The van der Waals surface area contributed by atoms with Crippen molar-refractivity contribution < 1.29 is 4.74 Å². The fourth-order valence-corrected chi connectivity index (χ4v) is 2.54. The van der Waals surface area contributed by atoms with Gasteiger partial charge >= 0.3 is 0 Å². The molecule has 20 heavy (non-hydrogen) atoms. The van der Waals surface area contributed by atoms with Crippen molar-refractivity contribution in [1.82, 2.24) is 9.78 Å². The maximum absolute atomic E-state index is 12.0. The van der Waals surface area contributed by atoms with Crippen molar-refractivity contribution in [3.63, 3.8) is 0 Å². The highest BCUT2D eigenvalue weighted by molar-refractivity contribution is 6.32. The molecule has 1 atom stereocenters. The van der Waals surface area contributed by atoms with Crippen molar-refractivity contribution >= 4 is 17.3 Å². The van der Waals surface area contributed by atoms with E-state index in [4.69, 9.17) is 16.3 Å². The van der Waals surface area contributed by atoms with Crippen molar-refractivity contribution in [2.75, 3.05) is 18.5 Å². The van der Waals surface area contributed by atoms with Gasteiger partial charge in [-0.05, 0) is 39.5 Å². The highest BCUT2D eigenvalue weighted by atomic mass is 35.5. The molecule has 1 aromatic rings. The molecular formula is C14H22ClN3O2. The van der Waals surface area contributed by atoms with Gasteiger partial charge in [0.15, 0.2) is 0 Å². The second-order valence-corrected chi connectivity index (χ2v) is 5.80. The second-order valence-electron chi connectivity index (χ2n) is 5.42. The monoisotopic (exact) mass is 299 g/mol. The first kappa shape index (κ1) is 15.3. The molecule has 1 saturated heterocycles. The van der Waals surface area contributed by atoms with Crippen molar-refractivity contribution in [3.8, 4) is 0 Å². The molecule has 5 nitrogen and oxygen atoms in total. The normalized spacial score (nSPS) is 19.3. The number of ether oxygens (including phenoxy) is 1. The Balaban J connectivity index is 1.93. The van der Waals surface area contributed by atoms with E-state index in [0.29, 0.717) is 11.8 Å². The Bertz CT molecular complexity index is 496. The molecule has 1 aliphatic rings. The van der Waals surface area contributed by atoms with Crippen LogP contribution in [0.4, 0.5) is 5.69 Å². The summed E-state index contributed by atoms with van der Waals surface area (Å²) in [6.07, 6.45) is 6.36. The minimum atomic E-state index is -0.249. The van der Waals surface area contributed by atoms with Crippen molar-refractivity contribution in [2.24, 2.45) is 0 Å². The fraction of sp³-hybridized carbons (Fsp3) is 0.714. The molecule has 1 N–H and O–H groups in total. The van der Waals surface area contributed by atoms with Gasteiger partial charge in [0.25, 0.3) is 5.56 Å². The summed E-state index contributed by atoms with van der Waals surface area (Å²) in [5.41, 5.74) is 0.352. The van der Waals surface area contributed by atoms with E-state index in [1.165, 1.54) is 11.1 Å². The minimum absolute atomic E-state index is 0.00434. The molecule has 1 unspecified atom stereocenters. The summed E-state index contributed by atoms with van der Waals surface area (Å²) in [6, 6.07) is 0.00434. The lowest BCUT2D eigenvalue weighted by atomic mass is 10.1. The Morgan fingerprint density at radius 3 is 3.00 bits per heavy atom. The standard InChI is InChI=1S/C14H22ClN3O2/c1-10(2)18-14(19)13(15)12(9-17-18)16-7-6-11-5-3-4-8-20-11/h9-11,16H,3-8H2,1-2H3. The van der Waals surface area contributed by atoms with E-state index < -0.39 is 0 Å².